The number of benzene rings is 1. The lowest BCUT2D eigenvalue weighted by Gasteiger charge is -2.06. The number of thiazole rings is 1. The lowest BCUT2D eigenvalue weighted by atomic mass is 10.3. The van der Waals surface area contributed by atoms with Crippen molar-refractivity contribution in [2.45, 2.75) is 6.92 Å². The fourth-order valence-electron chi connectivity index (χ4n) is 1.71. The van der Waals surface area contributed by atoms with Gasteiger partial charge in [-0.1, -0.05) is 11.6 Å². The van der Waals surface area contributed by atoms with E-state index in [1.165, 1.54) is 24.4 Å². The van der Waals surface area contributed by atoms with Gasteiger partial charge in [-0.15, -0.1) is 11.3 Å². The Bertz CT molecular complexity index is 884. The van der Waals surface area contributed by atoms with Crippen molar-refractivity contribution in [3.63, 3.8) is 0 Å². The quantitative estimate of drug-likeness (QED) is 0.432. The molecule has 12 heteroatoms. The van der Waals surface area contributed by atoms with Gasteiger partial charge in [-0.05, 0) is 12.1 Å². The van der Waals surface area contributed by atoms with E-state index in [2.05, 4.69) is 15.6 Å². The number of nitro groups is 1. The second-order valence-corrected chi connectivity index (χ2v) is 6.03. The van der Waals surface area contributed by atoms with E-state index in [-0.39, 0.29) is 33.1 Å². The minimum Gasteiger partial charge on any atom is -0.451 e. The van der Waals surface area contributed by atoms with Gasteiger partial charge in [0, 0.05) is 24.1 Å². The molecular weight excluding hydrogens is 388 g/mol. The number of esters is 1. The molecule has 2 aromatic rings. The van der Waals surface area contributed by atoms with Gasteiger partial charge >= 0.3 is 5.97 Å². The molecule has 0 spiro atoms. The van der Waals surface area contributed by atoms with Crippen LogP contribution in [0.25, 0.3) is 0 Å². The van der Waals surface area contributed by atoms with Crippen LogP contribution in [0, 0.1) is 10.1 Å². The summed E-state index contributed by atoms with van der Waals surface area (Å²) in [5.41, 5.74) is -0.299. The number of halogens is 1. The molecule has 1 aromatic carbocycles. The van der Waals surface area contributed by atoms with Crippen LogP contribution < -0.4 is 10.6 Å². The summed E-state index contributed by atoms with van der Waals surface area (Å²) in [4.78, 5) is 48.5. The number of ether oxygens (including phenoxy) is 1. The molecule has 0 unspecified atom stereocenters. The summed E-state index contributed by atoms with van der Waals surface area (Å²) in [6.45, 7) is 0.674. The summed E-state index contributed by atoms with van der Waals surface area (Å²) in [5.74, 6) is -1.89. The number of amides is 2. The van der Waals surface area contributed by atoms with E-state index in [9.17, 15) is 24.5 Å². The lowest BCUT2D eigenvalue weighted by Crippen LogP contribution is -2.21. The molecular formula is C14H11ClN4O6S. The van der Waals surface area contributed by atoms with Crippen LogP contribution in [0.2, 0.25) is 5.02 Å². The standard InChI is InChI=1S/C14H11ClN4O6S/c1-7(20)16-14-18-10(6-26-14)13(22)25-5-12(21)17-8-2-3-9(15)11(4-8)19(23)24/h2-4,6H,5H2,1H3,(H,17,21)(H,16,18,20). The van der Waals surface area contributed by atoms with Gasteiger partial charge in [-0.2, -0.15) is 0 Å². The number of aromatic nitrogens is 1. The predicted molar refractivity (Wildman–Crippen MR) is 93.4 cm³/mol. The van der Waals surface area contributed by atoms with Crippen LogP contribution in [-0.2, 0) is 14.3 Å². The zero-order valence-electron chi connectivity index (χ0n) is 13.1. The van der Waals surface area contributed by atoms with E-state index >= 15 is 0 Å². The number of carbonyl (C=O) groups is 3. The third-order valence-corrected chi connectivity index (χ3v) is 3.83. The third-order valence-electron chi connectivity index (χ3n) is 2.76. The first-order valence-electron chi connectivity index (χ1n) is 6.90. The molecule has 1 aromatic heterocycles. The minimum atomic E-state index is -0.852. The molecule has 1 heterocycles. The van der Waals surface area contributed by atoms with Gasteiger partial charge in [0.1, 0.15) is 5.02 Å². The lowest BCUT2D eigenvalue weighted by molar-refractivity contribution is -0.384. The summed E-state index contributed by atoms with van der Waals surface area (Å²) in [5, 5.41) is 17.1. The first-order valence-corrected chi connectivity index (χ1v) is 8.16. The number of anilines is 2. The number of hydrogen-bond acceptors (Lipinski definition) is 8. The van der Waals surface area contributed by atoms with Crippen molar-refractivity contribution >= 4 is 57.2 Å². The smallest absolute Gasteiger partial charge is 0.358 e. The zero-order chi connectivity index (χ0) is 19.3. The molecule has 0 bridgehead atoms. The van der Waals surface area contributed by atoms with E-state index in [0.717, 1.165) is 17.4 Å². The van der Waals surface area contributed by atoms with Crippen molar-refractivity contribution in [2.75, 3.05) is 17.2 Å². The molecule has 26 heavy (non-hydrogen) atoms. The first-order chi connectivity index (χ1) is 12.3. The normalized spacial score (nSPS) is 10.1. The van der Waals surface area contributed by atoms with Gasteiger partial charge in [0.05, 0.1) is 4.92 Å². The summed E-state index contributed by atoms with van der Waals surface area (Å²) in [7, 11) is 0. The molecule has 2 amide bonds. The second kappa shape index (κ2) is 8.36. The Morgan fingerprint density at radius 2 is 2.08 bits per heavy atom. The van der Waals surface area contributed by atoms with Gasteiger partial charge < -0.3 is 15.4 Å². The van der Waals surface area contributed by atoms with Crippen molar-refractivity contribution in [3.8, 4) is 0 Å². The van der Waals surface area contributed by atoms with E-state index in [1.54, 1.807) is 0 Å². The van der Waals surface area contributed by atoms with E-state index in [4.69, 9.17) is 16.3 Å². The number of nitrogens with one attached hydrogen (secondary N) is 2. The van der Waals surface area contributed by atoms with Crippen LogP contribution in [0.3, 0.4) is 0 Å². The molecule has 2 N–H and O–H groups in total. The van der Waals surface area contributed by atoms with Crippen molar-refractivity contribution < 1.29 is 24.0 Å². The molecule has 0 saturated carbocycles. The Kier molecular flexibility index (Phi) is 6.20. The highest BCUT2D eigenvalue weighted by molar-refractivity contribution is 7.14. The Hall–Kier alpha value is -3.05. The van der Waals surface area contributed by atoms with E-state index < -0.39 is 23.4 Å². The monoisotopic (exact) mass is 398 g/mol. The fraction of sp³-hybridized carbons (Fsp3) is 0.143. The molecule has 0 aliphatic rings. The van der Waals surface area contributed by atoms with E-state index in [0.29, 0.717) is 0 Å². The summed E-state index contributed by atoms with van der Waals surface area (Å²) in [6.07, 6.45) is 0. The average molecular weight is 399 g/mol. The SMILES string of the molecule is CC(=O)Nc1nc(C(=O)OCC(=O)Nc2ccc(Cl)c([N+](=O)[O-])c2)cs1. The van der Waals surface area contributed by atoms with Crippen LogP contribution in [0.4, 0.5) is 16.5 Å². The number of carbonyl (C=O) groups excluding carboxylic acids is 3. The van der Waals surface area contributed by atoms with Crippen LogP contribution in [-0.4, -0.2) is 34.3 Å². The van der Waals surface area contributed by atoms with Crippen molar-refractivity contribution in [1.29, 1.82) is 0 Å². The highest BCUT2D eigenvalue weighted by Gasteiger charge is 2.16. The molecule has 10 nitrogen and oxygen atoms in total. The van der Waals surface area contributed by atoms with Crippen LogP contribution >= 0.6 is 22.9 Å². The molecule has 0 aliphatic heterocycles. The van der Waals surface area contributed by atoms with Gasteiger partial charge in [0.2, 0.25) is 5.91 Å². The van der Waals surface area contributed by atoms with Crippen LogP contribution in [0.1, 0.15) is 17.4 Å². The van der Waals surface area contributed by atoms with E-state index in [1.807, 2.05) is 0 Å². The number of nitrogens with zero attached hydrogens (tertiary/aromatic N) is 2. The van der Waals surface area contributed by atoms with Crippen LogP contribution in [0.15, 0.2) is 23.6 Å². The minimum absolute atomic E-state index is 0.0614. The van der Waals surface area contributed by atoms with Crippen LogP contribution in [0.5, 0.6) is 0 Å². The van der Waals surface area contributed by atoms with Crippen molar-refractivity contribution in [1.82, 2.24) is 4.98 Å². The first kappa shape index (κ1) is 19.3. The van der Waals surface area contributed by atoms with Crippen molar-refractivity contribution in [2.24, 2.45) is 0 Å². The molecule has 2 rings (SSSR count). The molecule has 0 radical (unpaired) electrons. The molecule has 0 fully saturated rings. The molecule has 0 atom stereocenters. The number of rotatable bonds is 6. The average Bonchev–Trinajstić information content (AvgIpc) is 3.02. The Morgan fingerprint density at radius 1 is 1.35 bits per heavy atom. The number of hydrogen-bond donors (Lipinski definition) is 2. The van der Waals surface area contributed by atoms with Crippen molar-refractivity contribution in [3.05, 3.63) is 44.4 Å². The second-order valence-electron chi connectivity index (χ2n) is 4.77. The Labute approximate surface area is 155 Å². The maximum Gasteiger partial charge on any atom is 0.358 e. The highest BCUT2D eigenvalue weighted by Crippen LogP contribution is 2.27. The summed E-state index contributed by atoms with van der Waals surface area (Å²) < 4.78 is 4.80. The number of nitro benzene ring substituents is 1. The molecule has 0 saturated heterocycles. The highest BCUT2D eigenvalue weighted by atomic mass is 35.5. The Balaban J connectivity index is 1.91. The van der Waals surface area contributed by atoms with Gasteiger partial charge in [-0.3, -0.25) is 19.7 Å². The maximum atomic E-state index is 11.8. The topological polar surface area (TPSA) is 141 Å². The Morgan fingerprint density at radius 3 is 2.73 bits per heavy atom. The third kappa shape index (κ3) is 5.22. The van der Waals surface area contributed by atoms with Gasteiger partial charge in [0.15, 0.2) is 17.4 Å². The largest absolute Gasteiger partial charge is 0.451 e. The zero-order valence-corrected chi connectivity index (χ0v) is 14.7. The summed E-state index contributed by atoms with van der Waals surface area (Å²) >= 11 is 6.70. The maximum absolute atomic E-state index is 11.8. The summed E-state index contributed by atoms with van der Waals surface area (Å²) in [6, 6.07) is 3.72. The molecule has 0 aliphatic carbocycles. The fourth-order valence-corrected chi connectivity index (χ4v) is 2.62. The van der Waals surface area contributed by atoms with Gasteiger partial charge in [-0.25, -0.2) is 9.78 Å². The van der Waals surface area contributed by atoms with Gasteiger partial charge in [0.25, 0.3) is 11.6 Å². The predicted octanol–water partition coefficient (Wildman–Crippen LogP) is 2.46. The molecule has 136 valence electrons.